The number of aryl methyl sites for hydroxylation is 1. The zero-order valence-electron chi connectivity index (χ0n) is 13.5. The van der Waals surface area contributed by atoms with Crippen LogP contribution in [0.2, 0.25) is 5.28 Å². The van der Waals surface area contributed by atoms with E-state index in [1.807, 2.05) is 0 Å². The van der Waals surface area contributed by atoms with Crippen molar-refractivity contribution in [3.05, 3.63) is 66.4 Å². The Kier molecular flexibility index (Phi) is 4.94. The smallest absolute Gasteiger partial charge is 0.358 e. The van der Waals surface area contributed by atoms with Crippen molar-refractivity contribution in [2.24, 2.45) is 0 Å². The minimum Gasteiger partial charge on any atom is -0.358 e. The van der Waals surface area contributed by atoms with Crippen molar-refractivity contribution in [2.75, 3.05) is 5.32 Å². The average molecular weight is 391 g/mol. The summed E-state index contributed by atoms with van der Waals surface area (Å²) in [5.41, 5.74) is -2.15. The van der Waals surface area contributed by atoms with Crippen LogP contribution in [0.1, 0.15) is 6.42 Å². The number of nitrogens with one attached hydrogen (secondary N) is 2. The van der Waals surface area contributed by atoms with E-state index in [1.54, 1.807) is 30.3 Å². The molecule has 0 radical (unpaired) electrons. The molecule has 3 rings (SSSR count). The minimum atomic E-state index is -1.07. The van der Waals surface area contributed by atoms with Crippen LogP contribution in [0, 0.1) is 10.1 Å². The number of hydrogen-bond donors (Lipinski definition) is 2. The molecule has 1 amide bonds. The van der Waals surface area contributed by atoms with E-state index >= 15 is 0 Å². The molecule has 0 spiro atoms. The number of carbonyl (C=O) groups excluding carboxylic acids is 1. The van der Waals surface area contributed by atoms with Crippen molar-refractivity contribution in [3.8, 4) is 0 Å². The summed E-state index contributed by atoms with van der Waals surface area (Å²) < 4.78 is 0.799. The van der Waals surface area contributed by atoms with E-state index in [0.717, 1.165) is 4.57 Å². The van der Waals surface area contributed by atoms with Crippen molar-refractivity contribution in [2.45, 2.75) is 13.0 Å². The van der Waals surface area contributed by atoms with E-state index in [1.165, 1.54) is 0 Å². The molecule has 2 aromatic heterocycles. The topological polar surface area (TPSA) is 153 Å². The molecule has 0 aliphatic rings. The number of H-pyrrole nitrogens is 1. The van der Waals surface area contributed by atoms with E-state index in [0.29, 0.717) is 5.69 Å². The lowest BCUT2D eigenvalue weighted by Gasteiger charge is -2.09. The van der Waals surface area contributed by atoms with Gasteiger partial charge in [-0.05, 0) is 33.6 Å². The molecule has 0 aliphatic heterocycles. The van der Waals surface area contributed by atoms with Crippen molar-refractivity contribution in [1.29, 1.82) is 0 Å². The fourth-order valence-corrected chi connectivity index (χ4v) is 2.60. The van der Waals surface area contributed by atoms with E-state index in [-0.39, 0.29) is 24.1 Å². The van der Waals surface area contributed by atoms with Crippen LogP contribution < -0.4 is 16.4 Å². The molecule has 2 N–H and O–H groups in total. The van der Waals surface area contributed by atoms with Crippen molar-refractivity contribution >= 4 is 40.2 Å². The van der Waals surface area contributed by atoms with Crippen LogP contribution in [0.15, 0.2) is 39.9 Å². The molecule has 27 heavy (non-hydrogen) atoms. The lowest BCUT2D eigenvalue weighted by atomic mass is 10.3. The number of nitrogens with zero attached hydrogens (tertiary/aromatic N) is 4. The number of halogens is 1. The Morgan fingerprint density at radius 3 is 2.63 bits per heavy atom. The summed E-state index contributed by atoms with van der Waals surface area (Å²) in [7, 11) is 0. The van der Waals surface area contributed by atoms with Crippen LogP contribution >= 0.6 is 11.6 Å². The van der Waals surface area contributed by atoms with Crippen LogP contribution in [-0.4, -0.2) is 30.3 Å². The summed E-state index contributed by atoms with van der Waals surface area (Å²) in [6, 6.07) is 8.59. The average Bonchev–Trinajstić information content (AvgIpc) is 2.62. The first-order valence-electron chi connectivity index (χ1n) is 7.56. The number of carbonyl (C=O) groups is 1. The van der Waals surface area contributed by atoms with E-state index in [2.05, 4.69) is 20.3 Å². The molecule has 12 heteroatoms. The first kappa shape index (κ1) is 18.2. The highest BCUT2D eigenvalue weighted by Crippen LogP contribution is 2.21. The zero-order valence-corrected chi connectivity index (χ0v) is 14.3. The monoisotopic (exact) mass is 390 g/mol. The number of para-hydroxylation sites is 1. The molecule has 11 nitrogen and oxygen atoms in total. The zero-order chi connectivity index (χ0) is 19.6. The van der Waals surface area contributed by atoms with Gasteiger partial charge in [-0.3, -0.25) is 19.0 Å². The number of aromatic amines is 1. The fourth-order valence-electron chi connectivity index (χ4n) is 2.44. The Labute approximate surface area is 154 Å². The molecule has 0 unspecified atom stereocenters. The highest BCUT2D eigenvalue weighted by atomic mass is 35.5. The van der Waals surface area contributed by atoms with Gasteiger partial charge in [0, 0.05) is 18.7 Å². The van der Waals surface area contributed by atoms with Crippen LogP contribution in [-0.2, 0) is 11.3 Å². The molecular formula is C15H11ClN6O5. The van der Waals surface area contributed by atoms with Gasteiger partial charge in [0.05, 0.1) is 0 Å². The maximum Gasteiger partial charge on any atom is 0.394 e. The Balaban J connectivity index is 1.99. The molecule has 0 saturated heterocycles. The number of benzene rings is 1. The van der Waals surface area contributed by atoms with Crippen molar-refractivity contribution in [3.63, 3.8) is 0 Å². The van der Waals surface area contributed by atoms with Gasteiger partial charge in [0.25, 0.3) is 0 Å². The number of amides is 1. The van der Waals surface area contributed by atoms with Gasteiger partial charge in [0.2, 0.25) is 5.91 Å². The Hall–Kier alpha value is -3.60. The highest BCUT2D eigenvalue weighted by Gasteiger charge is 2.24. The summed E-state index contributed by atoms with van der Waals surface area (Å²) in [5.74, 6) is -1.19. The molecular weight excluding hydrogens is 380 g/mol. The highest BCUT2D eigenvalue weighted by molar-refractivity contribution is 6.28. The van der Waals surface area contributed by atoms with Crippen LogP contribution in [0.4, 0.5) is 11.5 Å². The molecule has 0 fully saturated rings. The molecule has 138 valence electrons. The van der Waals surface area contributed by atoms with Crippen LogP contribution in [0.5, 0.6) is 0 Å². The molecule has 0 bridgehead atoms. The second kappa shape index (κ2) is 7.33. The van der Waals surface area contributed by atoms with Crippen molar-refractivity contribution in [1.82, 2.24) is 19.5 Å². The van der Waals surface area contributed by atoms with Gasteiger partial charge in [0.1, 0.15) is 0 Å². The van der Waals surface area contributed by atoms with E-state index < -0.39 is 33.1 Å². The Morgan fingerprint density at radius 1 is 1.26 bits per heavy atom. The number of aromatic nitrogens is 4. The van der Waals surface area contributed by atoms with Gasteiger partial charge in [0.15, 0.2) is 11.2 Å². The second-order valence-corrected chi connectivity index (χ2v) is 5.68. The molecule has 0 saturated carbocycles. The summed E-state index contributed by atoms with van der Waals surface area (Å²) in [6.07, 6.45) is -0.215. The summed E-state index contributed by atoms with van der Waals surface area (Å²) in [6.45, 7) is -0.288. The van der Waals surface area contributed by atoms with Gasteiger partial charge in [-0.1, -0.05) is 18.2 Å². The number of hydrogen-bond acceptors (Lipinski definition) is 7. The number of nitro groups is 1. The molecule has 0 atom stereocenters. The first-order valence-corrected chi connectivity index (χ1v) is 7.94. The van der Waals surface area contributed by atoms with Crippen LogP contribution in [0.3, 0.4) is 0 Å². The number of rotatable bonds is 5. The summed E-state index contributed by atoms with van der Waals surface area (Å²) >= 11 is 5.63. The molecule has 0 aliphatic carbocycles. The standard InChI is InChI=1S/C15H11ClN6O5/c16-15-19-11-10(12(20-15)22(26)27)21(14(25)13(24)18-11)7-6-9(23)17-8-4-2-1-3-5-8/h1-5H,6-7H2,(H,17,23)(H,18,19,20,24). The summed E-state index contributed by atoms with van der Waals surface area (Å²) in [4.78, 5) is 55.9. The third-order valence-corrected chi connectivity index (χ3v) is 3.74. The van der Waals surface area contributed by atoms with Crippen molar-refractivity contribution < 1.29 is 9.72 Å². The lowest BCUT2D eigenvalue weighted by molar-refractivity contribution is -0.388. The van der Waals surface area contributed by atoms with Gasteiger partial charge in [-0.2, -0.15) is 4.98 Å². The second-order valence-electron chi connectivity index (χ2n) is 5.35. The SMILES string of the molecule is O=C(CCn1c(=O)c(=O)[nH]c2nc(Cl)nc([N+](=O)[O-])c21)Nc1ccccc1. The largest absolute Gasteiger partial charge is 0.394 e. The molecule has 3 aromatic rings. The number of anilines is 1. The van der Waals surface area contributed by atoms with Gasteiger partial charge in [-0.15, -0.1) is 0 Å². The summed E-state index contributed by atoms with van der Waals surface area (Å²) in [5, 5.41) is 13.4. The third-order valence-electron chi connectivity index (χ3n) is 3.57. The van der Waals surface area contributed by atoms with Gasteiger partial charge in [-0.25, -0.2) is 0 Å². The minimum absolute atomic E-state index is 0.215. The first-order chi connectivity index (χ1) is 12.9. The predicted molar refractivity (Wildman–Crippen MR) is 95.8 cm³/mol. The number of fused-ring (bicyclic) bond motifs is 1. The third kappa shape index (κ3) is 3.82. The van der Waals surface area contributed by atoms with Crippen LogP contribution in [0.25, 0.3) is 11.2 Å². The Morgan fingerprint density at radius 2 is 1.96 bits per heavy atom. The normalized spacial score (nSPS) is 10.7. The lowest BCUT2D eigenvalue weighted by Crippen LogP contribution is -2.37. The Bertz CT molecular complexity index is 1160. The van der Waals surface area contributed by atoms with E-state index in [4.69, 9.17) is 11.6 Å². The maximum absolute atomic E-state index is 12.2. The predicted octanol–water partition coefficient (Wildman–Crippen LogP) is 1.07. The maximum atomic E-state index is 12.2. The quantitative estimate of drug-likeness (QED) is 0.286. The van der Waals surface area contributed by atoms with E-state index in [9.17, 15) is 24.5 Å². The fraction of sp³-hybridized carbons (Fsp3) is 0.133. The molecule has 2 heterocycles. The molecule has 1 aromatic carbocycles. The van der Waals surface area contributed by atoms with Gasteiger partial charge < -0.3 is 20.4 Å². The van der Waals surface area contributed by atoms with Gasteiger partial charge >= 0.3 is 22.2 Å².